The van der Waals surface area contributed by atoms with E-state index in [1.54, 1.807) is 11.4 Å². The fourth-order valence-corrected chi connectivity index (χ4v) is 1.91. The standard InChI is InChI=1S/C11H16O3S/c1-8(2)4-3-6-14-9-5-7-15-10(9)11(12)13/h5,7-8H,3-4,6H2,1-2H3,(H,12,13). The van der Waals surface area contributed by atoms with E-state index in [2.05, 4.69) is 13.8 Å². The lowest BCUT2D eigenvalue weighted by molar-refractivity contribution is 0.0698. The number of carboxylic acid groups (broad SMARTS) is 1. The first-order chi connectivity index (χ1) is 7.11. The molecule has 0 aromatic carbocycles. The molecule has 1 heterocycles. The van der Waals surface area contributed by atoms with Crippen molar-refractivity contribution in [3.05, 3.63) is 16.3 Å². The number of hydrogen-bond acceptors (Lipinski definition) is 3. The molecule has 1 aromatic rings. The van der Waals surface area contributed by atoms with Gasteiger partial charge in [-0.15, -0.1) is 11.3 Å². The molecule has 0 saturated heterocycles. The number of rotatable bonds is 6. The lowest BCUT2D eigenvalue weighted by Gasteiger charge is -2.06. The van der Waals surface area contributed by atoms with Crippen LogP contribution in [0.3, 0.4) is 0 Å². The van der Waals surface area contributed by atoms with Crippen LogP contribution < -0.4 is 4.74 Å². The van der Waals surface area contributed by atoms with Crippen molar-refractivity contribution in [1.29, 1.82) is 0 Å². The highest BCUT2D eigenvalue weighted by Gasteiger charge is 2.12. The predicted octanol–water partition coefficient (Wildman–Crippen LogP) is 3.26. The first-order valence-electron chi connectivity index (χ1n) is 5.05. The molecule has 0 unspecified atom stereocenters. The zero-order chi connectivity index (χ0) is 11.3. The smallest absolute Gasteiger partial charge is 0.349 e. The molecule has 1 aromatic heterocycles. The Morgan fingerprint density at radius 3 is 2.93 bits per heavy atom. The number of thiophene rings is 1. The van der Waals surface area contributed by atoms with Crippen molar-refractivity contribution in [1.82, 2.24) is 0 Å². The molecule has 15 heavy (non-hydrogen) atoms. The summed E-state index contributed by atoms with van der Waals surface area (Å²) in [5.41, 5.74) is 0. The summed E-state index contributed by atoms with van der Waals surface area (Å²) >= 11 is 1.20. The maximum Gasteiger partial charge on any atom is 0.349 e. The lowest BCUT2D eigenvalue weighted by Crippen LogP contribution is -2.02. The largest absolute Gasteiger partial charge is 0.492 e. The van der Waals surface area contributed by atoms with Crippen LogP contribution in [-0.4, -0.2) is 17.7 Å². The Balaban J connectivity index is 2.37. The summed E-state index contributed by atoms with van der Waals surface area (Å²) in [6.45, 7) is 4.91. The summed E-state index contributed by atoms with van der Waals surface area (Å²) in [6, 6.07) is 1.71. The minimum atomic E-state index is -0.913. The van der Waals surface area contributed by atoms with Gasteiger partial charge in [0.25, 0.3) is 0 Å². The highest BCUT2D eigenvalue weighted by molar-refractivity contribution is 7.12. The molecule has 84 valence electrons. The van der Waals surface area contributed by atoms with Gasteiger partial charge in [-0.05, 0) is 30.2 Å². The molecule has 0 fully saturated rings. The zero-order valence-corrected chi connectivity index (χ0v) is 9.84. The van der Waals surface area contributed by atoms with Crippen molar-refractivity contribution in [2.75, 3.05) is 6.61 Å². The monoisotopic (exact) mass is 228 g/mol. The fraction of sp³-hybridized carbons (Fsp3) is 0.545. The topological polar surface area (TPSA) is 46.5 Å². The maximum atomic E-state index is 10.8. The Kier molecular flexibility index (Phi) is 4.62. The number of carbonyl (C=O) groups is 1. The van der Waals surface area contributed by atoms with Crippen LogP contribution in [0.2, 0.25) is 0 Å². The Morgan fingerprint density at radius 2 is 2.33 bits per heavy atom. The molecule has 0 aliphatic carbocycles. The van der Waals surface area contributed by atoms with Crippen LogP contribution in [0.15, 0.2) is 11.4 Å². The Morgan fingerprint density at radius 1 is 1.60 bits per heavy atom. The van der Waals surface area contributed by atoms with Crippen LogP contribution >= 0.6 is 11.3 Å². The second-order valence-corrected chi connectivity index (χ2v) is 4.72. The van der Waals surface area contributed by atoms with E-state index in [0.29, 0.717) is 23.2 Å². The minimum Gasteiger partial charge on any atom is -0.492 e. The van der Waals surface area contributed by atoms with Crippen LogP contribution in [0.5, 0.6) is 5.75 Å². The van der Waals surface area contributed by atoms with Crippen LogP contribution in [0.4, 0.5) is 0 Å². The van der Waals surface area contributed by atoms with Crippen molar-refractivity contribution in [2.24, 2.45) is 5.92 Å². The third-order valence-corrected chi connectivity index (χ3v) is 2.89. The second-order valence-electron chi connectivity index (χ2n) is 3.80. The molecular weight excluding hydrogens is 212 g/mol. The third kappa shape index (κ3) is 3.91. The van der Waals surface area contributed by atoms with Gasteiger partial charge in [0.15, 0.2) is 4.88 Å². The van der Waals surface area contributed by atoms with Crippen LogP contribution in [-0.2, 0) is 0 Å². The maximum absolute atomic E-state index is 10.8. The van der Waals surface area contributed by atoms with Crippen molar-refractivity contribution in [2.45, 2.75) is 26.7 Å². The molecule has 0 bridgehead atoms. The highest BCUT2D eigenvalue weighted by Crippen LogP contribution is 2.24. The van der Waals surface area contributed by atoms with Crippen LogP contribution in [0, 0.1) is 5.92 Å². The zero-order valence-electron chi connectivity index (χ0n) is 9.03. The van der Waals surface area contributed by atoms with E-state index in [1.165, 1.54) is 11.3 Å². The van der Waals surface area contributed by atoms with Gasteiger partial charge >= 0.3 is 5.97 Å². The summed E-state index contributed by atoms with van der Waals surface area (Å²) in [5, 5.41) is 10.6. The number of ether oxygens (including phenoxy) is 1. The lowest BCUT2D eigenvalue weighted by atomic mass is 10.1. The highest BCUT2D eigenvalue weighted by atomic mass is 32.1. The average Bonchev–Trinajstić information content (AvgIpc) is 2.60. The van der Waals surface area contributed by atoms with E-state index in [0.717, 1.165) is 12.8 Å². The Labute approximate surface area is 93.7 Å². The quantitative estimate of drug-likeness (QED) is 0.760. The molecule has 0 atom stereocenters. The van der Waals surface area contributed by atoms with Gasteiger partial charge in [0.1, 0.15) is 5.75 Å². The molecule has 0 amide bonds. The summed E-state index contributed by atoms with van der Waals surface area (Å²) in [4.78, 5) is 11.0. The molecule has 0 aliphatic heterocycles. The second kappa shape index (κ2) is 5.75. The molecule has 0 spiro atoms. The van der Waals surface area contributed by atoms with Gasteiger partial charge in [0.2, 0.25) is 0 Å². The summed E-state index contributed by atoms with van der Waals surface area (Å²) in [5.74, 6) is 0.245. The Bertz CT molecular complexity index is 317. The van der Waals surface area contributed by atoms with E-state index in [4.69, 9.17) is 9.84 Å². The molecule has 3 nitrogen and oxygen atoms in total. The van der Waals surface area contributed by atoms with Crippen molar-refractivity contribution < 1.29 is 14.6 Å². The van der Waals surface area contributed by atoms with Crippen molar-refractivity contribution in [3.63, 3.8) is 0 Å². The summed E-state index contributed by atoms with van der Waals surface area (Å²) in [6.07, 6.45) is 2.07. The van der Waals surface area contributed by atoms with E-state index < -0.39 is 5.97 Å². The van der Waals surface area contributed by atoms with Crippen LogP contribution in [0.25, 0.3) is 0 Å². The van der Waals surface area contributed by atoms with Crippen molar-refractivity contribution in [3.8, 4) is 5.75 Å². The Hall–Kier alpha value is -1.03. The molecule has 0 aliphatic rings. The van der Waals surface area contributed by atoms with Gasteiger partial charge in [-0.3, -0.25) is 0 Å². The SMILES string of the molecule is CC(C)CCCOc1ccsc1C(=O)O. The van der Waals surface area contributed by atoms with E-state index in [1.807, 2.05) is 0 Å². The first kappa shape index (κ1) is 12.0. The van der Waals surface area contributed by atoms with Gasteiger partial charge in [-0.1, -0.05) is 13.8 Å². The average molecular weight is 228 g/mol. The normalized spacial score (nSPS) is 10.6. The number of carboxylic acids is 1. The van der Waals surface area contributed by atoms with Gasteiger partial charge in [0.05, 0.1) is 6.61 Å². The molecule has 1 rings (SSSR count). The molecule has 0 saturated carbocycles. The van der Waals surface area contributed by atoms with Crippen LogP contribution in [0.1, 0.15) is 36.4 Å². The molecule has 0 radical (unpaired) electrons. The summed E-state index contributed by atoms with van der Waals surface area (Å²) < 4.78 is 5.42. The minimum absolute atomic E-state index is 0.291. The summed E-state index contributed by atoms with van der Waals surface area (Å²) in [7, 11) is 0. The van der Waals surface area contributed by atoms with E-state index in [9.17, 15) is 4.79 Å². The fourth-order valence-electron chi connectivity index (χ4n) is 1.24. The first-order valence-corrected chi connectivity index (χ1v) is 5.92. The molecular formula is C11H16O3S. The van der Waals surface area contributed by atoms with Gasteiger partial charge in [-0.25, -0.2) is 4.79 Å². The van der Waals surface area contributed by atoms with E-state index in [-0.39, 0.29) is 0 Å². The van der Waals surface area contributed by atoms with Gasteiger partial charge < -0.3 is 9.84 Å². The molecule has 1 N–H and O–H groups in total. The number of aromatic carboxylic acids is 1. The third-order valence-electron chi connectivity index (χ3n) is 2.01. The number of hydrogen-bond donors (Lipinski definition) is 1. The van der Waals surface area contributed by atoms with E-state index >= 15 is 0 Å². The van der Waals surface area contributed by atoms with Crippen molar-refractivity contribution >= 4 is 17.3 Å². The predicted molar refractivity (Wildman–Crippen MR) is 60.8 cm³/mol. The molecule has 4 heteroatoms. The van der Waals surface area contributed by atoms with Gasteiger partial charge in [-0.2, -0.15) is 0 Å². The van der Waals surface area contributed by atoms with Gasteiger partial charge in [0, 0.05) is 0 Å².